The molecule has 2 bridgehead atoms. The fourth-order valence-corrected chi connectivity index (χ4v) is 2.69. The average molecular weight is 349 g/mol. The van der Waals surface area contributed by atoms with E-state index < -0.39 is 11.9 Å². The lowest BCUT2D eigenvalue weighted by Gasteiger charge is -2.25. The summed E-state index contributed by atoms with van der Waals surface area (Å²) in [5.41, 5.74) is 5.27. The zero-order chi connectivity index (χ0) is 12.6. The van der Waals surface area contributed by atoms with Gasteiger partial charge in [0.1, 0.15) is 12.1 Å². The quantitative estimate of drug-likeness (QED) is 0.590. The number of urea groups is 1. The van der Waals surface area contributed by atoms with Crippen molar-refractivity contribution >= 4 is 34.5 Å². The molecule has 0 aromatic heterocycles. The van der Waals surface area contributed by atoms with Gasteiger partial charge in [0.2, 0.25) is 5.91 Å². The molecule has 1 saturated heterocycles. The van der Waals surface area contributed by atoms with Crippen LogP contribution >= 0.6 is 22.6 Å². The second-order valence-electron chi connectivity index (χ2n) is 3.76. The number of rotatable bonds is 4. The highest BCUT2D eigenvalue weighted by Gasteiger charge is 2.47. The molecule has 2 aliphatic rings. The Bertz CT molecular complexity index is 410. The Morgan fingerprint density at radius 3 is 3.06 bits per heavy atom. The summed E-state index contributed by atoms with van der Waals surface area (Å²) in [5.74, 6) is -0.531. The molecule has 0 radical (unpaired) electrons. The number of hydrogen-bond acceptors (Lipinski definition) is 3. The van der Waals surface area contributed by atoms with Crippen molar-refractivity contribution in [3.63, 3.8) is 0 Å². The minimum atomic E-state index is -0.678. The van der Waals surface area contributed by atoms with Crippen LogP contribution in [0.4, 0.5) is 4.79 Å². The lowest BCUT2D eigenvalue weighted by Crippen LogP contribution is -2.46. The van der Waals surface area contributed by atoms with Crippen LogP contribution in [-0.4, -0.2) is 47.1 Å². The molecule has 0 spiro atoms. The van der Waals surface area contributed by atoms with Gasteiger partial charge in [0.15, 0.2) is 0 Å². The Balaban J connectivity index is 2.24. The van der Waals surface area contributed by atoms with Gasteiger partial charge in [0.25, 0.3) is 0 Å². The van der Waals surface area contributed by atoms with Crippen molar-refractivity contribution in [3.05, 3.63) is 22.3 Å². The number of amides is 3. The number of carbonyl (C=O) groups is 2. The van der Waals surface area contributed by atoms with E-state index in [2.05, 4.69) is 29.2 Å². The van der Waals surface area contributed by atoms with Gasteiger partial charge in [-0.2, -0.15) is 5.06 Å². The maximum atomic E-state index is 12.0. The molecule has 0 aromatic rings. The fraction of sp³-hybridized carbons (Fsp3) is 0.400. The first-order chi connectivity index (χ1) is 8.06. The molecule has 2 aliphatic heterocycles. The number of fused-ring (bicyclic) bond motifs is 2. The van der Waals surface area contributed by atoms with Gasteiger partial charge in [0.05, 0.1) is 13.2 Å². The van der Waals surface area contributed by atoms with Crippen LogP contribution in [0.3, 0.4) is 0 Å². The van der Waals surface area contributed by atoms with Crippen molar-refractivity contribution in [2.45, 2.75) is 12.1 Å². The number of nitrogens with zero attached hydrogens (tertiary/aromatic N) is 2. The van der Waals surface area contributed by atoms with Crippen LogP contribution in [0.2, 0.25) is 0 Å². The Kier molecular flexibility index (Phi) is 3.38. The molecule has 0 saturated carbocycles. The maximum absolute atomic E-state index is 12.0. The molecule has 0 aliphatic carbocycles. The standard InChI is InChI=1S/C10H12IN3O3/c1-2-3-17-14-8-5-13(10(14)16)7(9(12)15)4-6(8)11/h2,4,7-8H,1,3,5H2,(H2,12,15)/t7-,8?/m0/s1. The highest BCUT2D eigenvalue weighted by atomic mass is 127. The first kappa shape index (κ1) is 12.4. The molecule has 6 nitrogen and oxygen atoms in total. The molecule has 2 rings (SSSR count). The van der Waals surface area contributed by atoms with Gasteiger partial charge in [-0.05, 0) is 28.7 Å². The lowest BCUT2D eigenvalue weighted by molar-refractivity contribution is -0.121. The first-order valence-electron chi connectivity index (χ1n) is 5.06. The van der Waals surface area contributed by atoms with Crippen molar-refractivity contribution in [2.24, 2.45) is 5.73 Å². The number of nitrogens with two attached hydrogens (primary N) is 1. The fourth-order valence-electron chi connectivity index (χ4n) is 1.90. The Labute approximate surface area is 112 Å². The minimum absolute atomic E-state index is 0.154. The van der Waals surface area contributed by atoms with Crippen LogP contribution in [0.1, 0.15) is 0 Å². The zero-order valence-corrected chi connectivity index (χ0v) is 11.2. The summed E-state index contributed by atoms with van der Waals surface area (Å²) in [6, 6.07) is -1.16. The van der Waals surface area contributed by atoms with E-state index >= 15 is 0 Å². The molecule has 0 aromatic carbocycles. The van der Waals surface area contributed by atoms with Crippen LogP contribution in [0, 0.1) is 0 Å². The summed E-state index contributed by atoms with van der Waals surface area (Å²) >= 11 is 2.10. The minimum Gasteiger partial charge on any atom is -0.368 e. The third-order valence-corrected chi connectivity index (χ3v) is 3.76. The lowest BCUT2D eigenvalue weighted by atomic mass is 10.1. The number of halogens is 1. The van der Waals surface area contributed by atoms with Crippen LogP contribution in [0.15, 0.2) is 22.3 Å². The molecule has 1 fully saturated rings. The van der Waals surface area contributed by atoms with E-state index in [1.54, 1.807) is 12.2 Å². The van der Waals surface area contributed by atoms with Gasteiger partial charge in [-0.25, -0.2) is 4.79 Å². The summed E-state index contributed by atoms with van der Waals surface area (Å²) in [4.78, 5) is 30.0. The maximum Gasteiger partial charge on any atom is 0.345 e. The molecule has 2 N–H and O–H groups in total. The summed E-state index contributed by atoms with van der Waals surface area (Å²) in [6.07, 6.45) is 3.26. The molecule has 1 unspecified atom stereocenters. The van der Waals surface area contributed by atoms with Crippen molar-refractivity contribution in [2.75, 3.05) is 13.2 Å². The van der Waals surface area contributed by atoms with Crippen LogP contribution < -0.4 is 5.73 Å². The molecule has 2 heterocycles. The smallest absolute Gasteiger partial charge is 0.345 e. The van der Waals surface area contributed by atoms with Gasteiger partial charge in [0, 0.05) is 3.58 Å². The highest BCUT2D eigenvalue weighted by molar-refractivity contribution is 14.1. The summed E-state index contributed by atoms with van der Waals surface area (Å²) in [7, 11) is 0. The Morgan fingerprint density at radius 1 is 1.76 bits per heavy atom. The summed E-state index contributed by atoms with van der Waals surface area (Å²) in [5, 5.41) is 1.28. The Morgan fingerprint density at radius 2 is 2.47 bits per heavy atom. The third kappa shape index (κ3) is 2.04. The second-order valence-corrected chi connectivity index (χ2v) is 5.01. The second kappa shape index (κ2) is 4.65. The molecule has 3 amide bonds. The van der Waals surface area contributed by atoms with Gasteiger partial charge in [-0.1, -0.05) is 6.08 Å². The average Bonchev–Trinajstić information content (AvgIpc) is 2.56. The van der Waals surface area contributed by atoms with Gasteiger partial charge in [-0.3, -0.25) is 9.63 Å². The predicted octanol–water partition coefficient (Wildman–Crippen LogP) is 0.397. The number of hydrogen-bond donors (Lipinski definition) is 1. The van der Waals surface area contributed by atoms with Gasteiger partial charge < -0.3 is 10.6 Å². The molecule has 92 valence electrons. The molecular weight excluding hydrogens is 337 g/mol. The molecule has 7 heteroatoms. The van der Waals surface area contributed by atoms with Crippen LogP contribution in [0.25, 0.3) is 0 Å². The van der Waals surface area contributed by atoms with E-state index in [9.17, 15) is 9.59 Å². The Hall–Kier alpha value is -1.09. The molecule has 17 heavy (non-hydrogen) atoms. The van der Waals surface area contributed by atoms with Crippen molar-refractivity contribution in [1.82, 2.24) is 9.96 Å². The topological polar surface area (TPSA) is 75.9 Å². The SMILES string of the molecule is C=CCON1C(=O)N2CC1C(I)=C[C@H]2C(N)=O. The van der Waals surface area contributed by atoms with Crippen LogP contribution in [0.5, 0.6) is 0 Å². The number of hydroxylamine groups is 2. The summed E-state index contributed by atoms with van der Waals surface area (Å²) in [6.45, 7) is 4.21. The van der Waals surface area contributed by atoms with E-state index in [0.29, 0.717) is 6.54 Å². The van der Waals surface area contributed by atoms with Crippen molar-refractivity contribution in [3.8, 4) is 0 Å². The predicted molar refractivity (Wildman–Crippen MR) is 69.0 cm³/mol. The zero-order valence-electron chi connectivity index (χ0n) is 9.01. The largest absolute Gasteiger partial charge is 0.368 e. The van der Waals surface area contributed by atoms with Gasteiger partial charge in [-0.15, -0.1) is 6.58 Å². The van der Waals surface area contributed by atoms with E-state index in [4.69, 9.17) is 10.6 Å². The normalized spacial score (nSPS) is 27.1. The van der Waals surface area contributed by atoms with Crippen molar-refractivity contribution in [1.29, 1.82) is 0 Å². The summed E-state index contributed by atoms with van der Waals surface area (Å²) < 4.78 is 0.887. The van der Waals surface area contributed by atoms with E-state index in [-0.39, 0.29) is 18.7 Å². The monoisotopic (exact) mass is 349 g/mol. The van der Waals surface area contributed by atoms with Gasteiger partial charge >= 0.3 is 6.03 Å². The van der Waals surface area contributed by atoms with Crippen molar-refractivity contribution < 1.29 is 14.4 Å². The van der Waals surface area contributed by atoms with E-state index in [1.165, 1.54) is 9.96 Å². The van der Waals surface area contributed by atoms with E-state index in [0.717, 1.165) is 3.58 Å². The third-order valence-electron chi connectivity index (χ3n) is 2.68. The molecular formula is C10H12IN3O3. The first-order valence-corrected chi connectivity index (χ1v) is 6.14. The number of carbonyl (C=O) groups excluding carboxylic acids is 2. The number of primary amides is 1. The highest BCUT2D eigenvalue weighted by Crippen LogP contribution is 2.33. The van der Waals surface area contributed by atoms with E-state index in [1.807, 2.05) is 0 Å². The van der Waals surface area contributed by atoms with Crippen LogP contribution in [-0.2, 0) is 9.63 Å². The molecule has 2 atom stereocenters.